The second kappa shape index (κ2) is 12.6. The van der Waals surface area contributed by atoms with Gasteiger partial charge in [-0.15, -0.1) is 0 Å². The molecule has 2 atom stereocenters. The number of furan rings is 1. The molecule has 0 saturated heterocycles. The minimum atomic E-state index is -0.134. The summed E-state index contributed by atoms with van der Waals surface area (Å²) in [5.74, 6) is 0.541. The Morgan fingerprint density at radius 1 is 0.556 bits per heavy atom. The summed E-state index contributed by atoms with van der Waals surface area (Å²) in [6, 6.07) is 59.2. The molecule has 0 fully saturated rings. The Balaban J connectivity index is 1.00. The van der Waals surface area contributed by atoms with E-state index >= 15 is 0 Å². The third kappa shape index (κ3) is 5.24. The molecule has 54 heavy (non-hydrogen) atoms. The van der Waals surface area contributed by atoms with Gasteiger partial charge in [0.2, 0.25) is 0 Å². The molecular weight excluding hydrogens is 655 g/mol. The highest BCUT2D eigenvalue weighted by molar-refractivity contribution is 6.11. The summed E-state index contributed by atoms with van der Waals surface area (Å²) >= 11 is 0. The predicted octanol–water partition coefficient (Wildman–Crippen LogP) is 14.2. The lowest BCUT2D eigenvalue weighted by Crippen LogP contribution is -2.20. The second-order valence-electron chi connectivity index (χ2n) is 15.4. The van der Waals surface area contributed by atoms with Gasteiger partial charge in [0.25, 0.3) is 0 Å². The first-order chi connectivity index (χ1) is 26.4. The van der Waals surface area contributed by atoms with E-state index in [1.165, 1.54) is 66.5 Å². The van der Waals surface area contributed by atoms with Crippen molar-refractivity contribution in [3.8, 4) is 33.4 Å². The number of nitrogens with zero attached hydrogens (tertiary/aromatic N) is 1. The first-order valence-corrected chi connectivity index (χ1v) is 19.0. The van der Waals surface area contributed by atoms with Crippen LogP contribution in [0.15, 0.2) is 192 Å². The molecule has 260 valence electrons. The third-order valence-electron chi connectivity index (χ3n) is 11.8. The van der Waals surface area contributed by atoms with Gasteiger partial charge in [0, 0.05) is 44.7 Å². The van der Waals surface area contributed by atoms with E-state index in [1.807, 2.05) is 0 Å². The standard InChI is InChI=1S/C52H41NO/c1-34-32-42(53(40-23-18-37(19-24-40)35-12-6-4-7-13-35)41-25-20-38(21-26-41)36-14-8-5-9-15-36)27-29-43(34)39-22-28-46-48(33-39)52(2,3)47-31-30-45-44-16-10-11-17-49(44)54-51(45)50(46)47/h4-34,43H,1-3H3. The molecule has 7 aromatic carbocycles. The van der Waals surface area contributed by atoms with Gasteiger partial charge in [0.1, 0.15) is 11.2 Å². The van der Waals surface area contributed by atoms with Crippen molar-refractivity contribution in [2.45, 2.75) is 32.1 Å². The molecular formula is C52H41NO. The highest BCUT2D eigenvalue weighted by atomic mass is 16.3. The molecule has 2 nitrogen and oxygen atoms in total. The number of rotatable bonds is 6. The Labute approximate surface area is 317 Å². The quantitative estimate of drug-likeness (QED) is 0.172. The average molecular weight is 696 g/mol. The van der Waals surface area contributed by atoms with Crippen molar-refractivity contribution < 1.29 is 4.42 Å². The summed E-state index contributed by atoms with van der Waals surface area (Å²) in [6.07, 6.45) is 7.19. The Bertz CT molecular complexity index is 2650. The van der Waals surface area contributed by atoms with Crippen LogP contribution in [0.2, 0.25) is 0 Å². The lowest BCUT2D eigenvalue weighted by molar-refractivity contribution is 0.620. The lowest BCUT2D eigenvalue weighted by Gasteiger charge is -2.32. The van der Waals surface area contributed by atoms with Crippen LogP contribution in [-0.4, -0.2) is 0 Å². The number of anilines is 2. The van der Waals surface area contributed by atoms with Gasteiger partial charge >= 0.3 is 0 Å². The number of benzene rings is 7. The van der Waals surface area contributed by atoms with Crippen molar-refractivity contribution in [2.24, 2.45) is 5.92 Å². The number of fused-ring (bicyclic) bond motifs is 7. The fraction of sp³-hybridized carbons (Fsp3) is 0.115. The normalized spacial score (nSPS) is 17.0. The number of para-hydroxylation sites is 1. The largest absolute Gasteiger partial charge is 0.455 e. The Morgan fingerprint density at radius 2 is 1.15 bits per heavy atom. The molecule has 0 saturated carbocycles. The Kier molecular flexibility index (Phi) is 7.56. The fourth-order valence-corrected chi connectivity index (χ4v) is 8.91. The summed E-state index contributed by atoms with van der Waals surface area (Å²) in [5, 5.41) is 2.36. The Morgan fingerprint density at radius 3 is 1.78 bits per heavy atom. The molecule has 10 rings (SSSR count). The monoisotopic (exact) mass is 695 g/mol. The maximum absolute atomic E-state index is 6.55. The minimum absolute atomic E-state index is 0.134. The lowest BCUT2D eigenvalue weighted by atomic mass is 9.78. The maximum Gasteiger partial charge on any atom is 0.143 e. The van der Waals surface area contributed by atoms with Crippen molar-refractivity contribution in [2.75, 3.05) is 4.90 Å². The first-order valence-electron chi connectivity index (χ1n) is 19.0. The molecule has 2 unspecified atom stereocenters. The van der Waals surface area contributed by atoms with Gasteiger partial charge < -0.3 is 9.32 Å². The zero-order chi connectivity index (χ0) is 36.4. The van der Waals surface area contributed by atoms with Crippen LogP contribution >= 0.6 is 0 Å². The first kappa shape index (κ1) is 32.3. The highest BCUT2D eigenvalue weighted by Gasteiger charge is 2.38. The zero-order valence-corrected chi connectivity index (χ0v) is 30.8. The number of hydrogen-bond donors (Lipinski definition) is 0. The van der Waals surface area contributed by atoms with Crippen LogP contribution in [0.1, 0.15) is 43.4 Å². The molecule has 0 amide bonds. The molecule has 2 aliphatic rings. The van der Waals surface area contributed by atoms with Crippen LogP contribution in [0.25, 0.3) is 55.3 Å². The van der Waals surface area contributed by atoms with Gasteiger partial charge in [-0.2, -0.15) is 0 Å². The van der Waals surface area contributed by atoms with E-state index < -0.39 is 0 Å². The number of allylic oxidation sites excluding steroid dienone is 3. The van der Waals surface area contributed by atoms with Crippen LogP contribution in [0.4, 0.5) is 11.4 Å². The van der Waals surface area contributed by atoms with Gasteiger partial charge in [0.05, 0.1) is 0 Å². The molecule has 1 aromatic heterocycles. The summed E-state index contributed by atoms with van der Waals surface area (Å²) in [5.41, 5.74) is 16.7. The molecule has 0 bridgehead atoms. The van der Waals surface area contributed by atoms with Crippen molar-refractivity contribution in [3.63, 3.8) is 0 Å². The smallest absolute Gasteiger partial charge is 0.143 e. The van der Waals surface area contributed by atoms with E-state index in [1.54, 1.807) is 0 Å². The van der Waals surface area contributed by atoms with Crippen molar-refractivity contribution in [1.82, 2.24) is 0 Å². The van der Waals surface area contributed by atoms with Crippen molar-refractivity contribution in [1.29, 1.82) is 0 Å². The van der Waals surface area contributed by atoms with Gasteiger partial charge in [-0.3, -0.25) is 0 Å². The van der Waals surface area contributed by atoms with Gasteiger partial charge in [0.15, 0.2) is 0 Å². The van der Waals surface area contributed by atoms with E-state index in [0.29, 0.717) is 0 Å². The topological polar surface area (TPSA) is 16.4 Å². The summed E-state index contributed by atoms with van der Waals surface area (Å²) in [4.78, 5) is 2.40. The fourth-order valence-electron chi connectivity index (χ4n) is 8.91. The molecule has 0 aliphatic heterocycles. The van der Waals surface area contributed by atoms with E-state index in [9.17, 15) is 0 Å². The average Bonchev–Trinajstić information content (AvgIpc) is 3.71. The molecule has 0 N–H and O–H groups in total. The molecule has 1 heterocycles. The van der Waals surface area contributed by atoms with Gasteiger partial charge in [-0.25, -0.2) is 0 Å². The van der Waals surface area contributed by atoms with E-state index in [-0.39, 0.29) is 17.3 Å². The van der Waals surface area contributed by atoms with E-state index in [0.717, 1.165) is 22.5 Å². The predicted molar refractivity (Wildman–Crippen MR) is 226 cm³/mol. The SMILES string of the molecule is CC1C=C(N(c2ccc(-c3ccccc3)cc2)c2ccc(-c3ccccc3)cc2)C=CC1c1ccc2c(c1)C(C)(C)c1ccc3c(oc4ccccc43)c1-2. The van der Waals surface area contributed by atoms with E-state index in [2.05, 4.69) is 208 Å². The second-order valence-corrected chi connectivity index (χ2v) is 15.4. The molecule has 2 heteroatoms. The van der Waals surface area contributed by atoms with Crippen molar-refractivity contribution in [3.05, 3.63) is 204 Å². The van der Waals surface area contributed by atoms with Crippen LogP contribution in [0.3, 0.4) is 0 Å². The van der Waals surface area contributed by atoms with Crippen LogP contribution < -0.4 is 4.90 Å². The Hall–Kier alpha value is -6.38. The van der Waals surface area contributed by atoms with E-state index in [4.69, 9.17) is 4.42 Å². The molecule has 0 spiro atoms. The maximum atomic E-state index is 6.55. The van der Waals surface area contributed by atoms with Crippen LogP contribution in [-0.2, 0) is 5.41 Å². The minimum Gasteiger partial charge on any atom is -0.455 e. The van der Waals surface area contributed by atoms with Crippen molar-refractivity contribution >= 4 is 33.3 Å². The summed E-state index contributed by atoms with van der Waals surface area (Å²) < 4.78 is 6.55. The zero-order valence-electron chi connectivity index (χ0n) is 30.8. The summed E-state index contributed by atoms with van der Waals surface area (Å²) in [7, 11) is 0. The van der Waals surface area contributed by atoms with Gasteiger partial charge in [-0.05, 0) is 86.8 Å². The third-order valence-corrected chi connectivity index (χ3v) is 11.8. The molecule has 2 aliphatic carbocycles. The number of hydrogen-bond acceptors (Lipinski definition) is 2. The van der Waals surface area contributed by atoms with Gasteiger partial charge in [-0.1, -0.05) is 166 Å². The van der Waals surface area contributed by atoms with Crippen LogP contribution in [0.5, 0.6) is 0 Å². The molecule has 0 radical (unpaired) electrons. The highest BCUT2D eigenvalue weighted by Crippen LogP contribution is 2.53. The summed E-state index contributed by atoms with van der Waals surface area (Å²) in [6.45, 7) is 7.07. The molecule has 8 aromatic rings. The van der Waals surface area contributed by atoms with Crippen LogP contribution in [0, 0.1) is 5.92 Å².